The van der Waals surface area contributed by atoms with Crippen molar-refractivity contribution in [2.24, 2.45) is 0 Å². The fourth-order valence-electron chi connectivity index (χ4n) is 3.09. The van der Waals surface area contributed by atoms with Crippen molar-refractivity contribution in [3.05, 3.63) is 57.9 Å². The maximum Gasteiger partial charge on any atom is 0.166 e. The van der Waals surface area contributed by atoms with E-state index in [4.69, 9.17) is 11.6 Å². The van der Waals surface area contributed by atoms with Crippen LogP contribution >= 0.6 is 11.6 Å². The zero-order valence-corrected chi connectivity index (χ0v) is 14.0. The number of aryl methyl sites for hydroxylation is 1. The van der Waals surface area contributed by atoms with Gasteiger partial charge in [-0.05, 0) is 50.1 Å². The van der Waals surface area contributed by atoms with Crippen LogP contribution in [0.1, 0.15) is 36.2 Å². The summed E-state index contributed by atoms with van der Waals surface area (Å²) in [5.41, 5.74) is 4.10. The van der Waals surface area contributed by atoms with Crippen molar-refractivity contribution in [3.63, 3.8) is 0 Å². The summed E-state index contributed by atoms with van der Waals surface area (Å²) in [6.07, 6.45) is 3.31. The summed E-state index contributed by atoms with van der Waals surface area (Å²) in [6, 6.07) is 9.62. The standard InChI is InChI=1S/C19H18ClNO2/c1-12-10-14(11-15-18(22)8-5-9-19(15)23)13(2)21(12)17-7-4-3-6-16(17)20/h3-4,6-7,10-11H,5,8-9H2,1-2H3. The molecule has 1 aliphatic rings. The number of carbonyl (C=O) groups is 2. The third-order valence-electron chi connectivity index (χ3n) is 4.27. The second-order valence-corrected chi connectivity index (χ2v) is 6.28. The number of carbonyl (C=O) groups excluding carboxylic acids is 2. The van der Waals surface area contributed by atoms with E-state index in [0.29, 0.717) is 29.9 Å². The highest BCUT2D eigenvalue weighted by atomic mass is 35.5. The molecule has 0 N–H and O–H groups in total. The Morgan fingerprint density at radius 2 is 1.74 bits per heavy atom. The van der Waals surface area contributed by atoms with Gasteiger partial charge in [-0.2, -0.15) is 0 Å². The largest absolute Gasteiger partial charge is 0.316 e. The molecule has 0 bridgehead atoms. The lowest BCUT2D eigenvalue weighted by molar-refractivity contribution is -0.123. The topological polar surface area (TPSA) is 39.1 Å². The monoisotopic (exact) mass is 327 g/mol. The molecule has 0 unspecified atom stereocenters. The van der Waals surface area contributed by atoms with Gasteiger partial charge in [-0.3, -0.25) is 9.59 Å². The number of Topliss-reactive ketones (excluding diaryl/α,β-unsaturated/α-hetero) is 2. The minimum Gasteiger partial charge on any atom is -0.316 e. The molecule has 1 heterocycles. The Kier molecular flexibility index (Phi) is 4.22. The first kappa shape index (κ1) is 15.8. The molecular weight excluding hydrogens is 310 g/mol. The molecular formula is C19H18ClNO2. The van der Waals surface area contributed by atoms with Crippen molar-refractivity contribution in [2.45, 2.75) is 33.1 Å². The van der Waals surface area contributed by atoms with Crippen LogP contribution < -0.4 is 0 Å². The smallest absolute Gasteiger partial charge is 0.166 e. The highest BCUT2D eigenvalue weighted by molar-refractivity contribution is 6.32. The SMILES string of the molecule is Cc1cc(C=C2C(=O)CCCC2=O)c(C)n1-c1ccccc1Cl. The van der Waals surface area contributed by atoms with Crippen LogP contribution in [-0.2, 0) is 9.59 Å². The van der Waals surface area contributed by atoms with Gasteiger partial charge in [0.05, 0.1) is 16.3 Å². The van der Waals surface area contributed by atoms with E-state index in [0.717, 1.165) is 22.6 Å². The van der Waals surface area contributed by atoms with Gasteiger partial charge in [-0.1, -0.05) is 23.7 Å². The van der Waals surface area contributed by atoms with Gasteiger partial charge < -0.3 is 4.57 Å². The van der Waals surface area contributed by atoms with Gasteiger partial charge in [-0.15, -0.1) is 0 Å². The van der Waals surface area contributed by atoms with E-state index in [-0.39, 0.29) is 11.6 Å². The number of ketones is 2. The molecule has 3 rings (SSSR count). The second-order valence-electron chi connectivity index (χ2n) is 5.87. The first-order valence-electron chi connectivity index (χ1n) is 7.71. The number of hydrogen-bond acceptors (Lipinski definition) is 2. The highest BCUT2D eigenvalue weighted by Gasteiger charge is 2.23. The number of halogens is 1. The molecule has 0 saturated heterocycles. The van der Waals surface area contributed by atoms with E-state index in [2.05, 4.69) is 0 Å². The lowest BCUT2D eigenvalue weighted by atomic mass is 9.91. The molecule has 1 aromatic heterocycles. The van der Waals surface area contributed by atoms with Gasteiger partial charge in [0.25, 0.3) is 0 Å². The average molecular weight is 328 g/mol. The first-order valence-corrected chi connectivity index (χ1v) is 8.09. The minimum atomic E-state index is -0.0520. The quantitative estimate of drug-likeness (QED) is 0.603. The number of benzene rings is 1. The number of rotatable bonds is 2. The van der Waals surface area contributed by atoms with Crippen molar-refractivity contribution < 1.29 is 9.59 Å². The van der Waals surface area contributed by atoms with Gasteiger partial charge in [-0.25, -0.2) is 0 Å². The van der Waals surface area contributed by atoms with Crippen molar-refractivity contribution in [3.8, 4) is 5.69 Å². The molecule has 118 valence electrons. The van der Waals surface area contributed by atoms with Crippen LogP contribution in [-0.4, -0.2) is 16.1 Å². The van der Waals surface area contributed by atoms with Crippen molar-refractivity contribution in [1.29, 1.82) is 0 Å². The molecule has 0 radical (unpaired) electrons. The molecule has 0 atom stereocenters. The van der Waals surface area contributed by atoms with Crippen LogP contribution in [0.3, 0.4) is 0 Å². The van der Waals surface area contributed by atoms with Crippen LogP contribution in [0.4, 0.5) is 0 Å². The number of hydrogen-bond donors (Lipinski definition) is 0. The number of para-hydroxylation sites is 1. The Labute approximate surface area is 140 Å². The third-order valence-corrected chi connectivity index (χ3v) is 4.59. The van der Waals surface area contributed by atoms with Crippen molar-refractivity contribution in [2.75, 3.05) is 0 Å². The molecule has 0 amide bonds. The van der Waals surface area contributed by atoms with Gasteiger partial charge in [0.2, 0.25) is 0 Å². The van der Waals surface area contributed by atoms with Crippen LogP contribution in [0.15, 0.2) is 35.9 Å². The molecule has 0 spiro atoms. The average Bonchev–Trinajstić information content (AvgIpc) is 2.78. The summed E-state index contributed by atoms with van der Waals surface area (Å²) in [4.78, 5) is 24.0. The number of nitrogens with zero attached hydrogens (tertiary/aromatic N) is 1. The summed E-state index contributed by atoms with van der Waals surface area (Å²) >= 11 is 6.31. The first-order chi connectivity index (χ1) is 11.0. The van der Waals surface area contributed by atoms with Crippen LogP contribution in [0.2, 0.25) is 5.02 Å². The van der Waals surface area contributed by atoms with Gasteiger partial charge in [0.1, 0.15) is 0 Å². The summed E-state index contributed by atoms with van der Waals surface area (Å²) in [5, 5.41) is 0.665. The zero-order chi connectivity index (χ0) is 16.6. The minimum absolute atomic E-state index is 0.0520. The molecule has 1 saturated carbocycles. The Hall–Kier alpha value is -2.13. The normalized spacial score (nSPS) is 15.2. The molecule has 4 heteroatoms. The highest BCUT2D eigenvalue weighted by Crippen LogP contribution is 2.28. The molecule has 1 fully saturated rings. The van der Waals surface area contributed by atoms with E-state index in [1.54, 1.807) is 6.08 Å². The van der Waals surface area contributed by atoms with Gasteiger partial charge in [0, 0.05) is 24.2 Å². The van der Waals surface area contributed by atoms with Crippen molar-refractivity contribution in [1.82, 2.24) is 4.57 Å². The Morgan fingerprint density at radius 3 is 2.39 bits per heavy atom. The predicted octanol–water partition coefficient (Wildman–Crippen LogP) is 4.45. The fraction of sp³-hybridized carbons (Fsp3) is 0.263. The van der Waals surface area contributed by atoms with Crippen LogP contribution in [0.5, 0.6) is 0 Å². The van der Waals surface area contributed by atoms with Crippen LogP contribution in [0.25, 0.3) is 11.8 Å². The van der Waals surface area contributed by atoms with E-state index in [1.165, 1.54) is 0 Å². The van der Waals surface area contributed by atoms with E-state index in [1.807, 2.05) is 48.7 Å². The second kappa shape index (κ2) is 6.17. The molecule has 2 aromatic rings. The lowest BCUT2D eigenvalue weighted by Gasteiger charge is -2.12. The summed E-state index contributed by atoms with van der Waals surface area (Å²) in [5.74, 6) is -0.104. The summed E-state index contributed by atoms with van der Waals surface area (Å²) < 4.78 is 2.05. The summed E-state index contributed by atoms with van der Waals surface area (Å²) in [6.45, 7) is 3.96. The Balaban J connectivity index is 2.10. The molecule has 1 aliphatic carbocycles. The molecule has 3 nitrogen and oxygen atoms in total. The maximum atomic E-state index is 12.0. The molecule has 23 heavy (non-hydrogen) atoms. The molecule has 1 aromatic carbocycles. The van der Waals surface area contributed by atoms with Crippen LogP contribution in [0, 0.1) is 13.8 Å². The zero-order valence-electron chi connectivity index (χ0n) is 13.2. The van der Waals surface area contributed by atoms with E-state index >= 15 is 0 Å². The predicted molar refractivity (Wildman–Crippen MR) is 92.1 cm³/mol. The number of aromatic nitrogens is 1. The number of allylic oxidation sites excluding steroid dienone is 1. The Bertz CT molecular complexity index is 812. The van der Waals surface area contributed by atoms with Crippen molar-refractivity contribution >= 4 is 29.2 Å². The lowest BCUT2D eigenvalue weighted by Crippen LogP contribution is -2.18. The third kappa shape index (κ3) is 2.89. The van der Waals surface area contributed by atoms with Gasteiger partial charge in [0.15, 0.2) is 11.6 Å². The fourth-order valence-corrected chi connectivity index (χ4v) is 3.31. The van der Waals surface area contributed by atoms with E-state index in [9.17, 15) is 9.59 Å². The Morgan fingerprint density at radius 1 is 1.09 bits per heavy atom. The summed E-state index contributed by atoms with van der Waals surface area (Å²) in [7, 11) is 0. The van der Waals surface area contributed by atoms with Gasteiger partial charge >= 0.3 is 0 Å². The molecule has 0 aliphatic heterocycles. The van der Waals surface area contributed by atoms with E-state index < -0.39 is 0 Å². The maximum absolute atomic E-state index is 12.0.